The summed E-state index contributed by atoms with van der Waals surface area (Å²) < 4.78 is 5.06. The topological polar surface area (TPSA) is 117 Å². The second kappa shape index (κ2) is 9.77. The summed E-state index contributed by atoms with van der Waals surface area (Å²) >= 11 is 0. The van der Waals surface area contributed by atoms with Crippen LogP contribution in [0.25, 0.3) is 6.08 Å². The second-order valence-corrected chi connectivity index (χ2v) is 5.80. The smallest absolute Gasteiger partial charge is 0.273 e. The molecule has 0 heterocycles. The molecule has 8 nitrogen and oxygen atoms in total. The summed E-state index contributed by atoms with van der Waals surface area (Å²) in [4.78, 5) is 35.9. The maximum absolute atomic E-state index is 12.0. The van der Waals surface area contributed by atoms with Gasteiger partial charge < -0.3 is 15.2 Å². The average Bonchev–Trinajstić information content (AvgIpc) is 2.70. The summed E-state index contributed by atoms with van der Waals surface area (Å²) in [6, 6.07) is 12.1. The van der Waals surface area contributed by atoms with Crippen LogP contribution >= 0.6 is 0 Å². The summed E-state index contributed by atoms with van der Waals surface area (Å²) in [6.45, 7) is 1.47. The van der Waals surface area contributed by atoms with Crippen molar-refractivity contribution in [2.24, 2.45) is 0 Å². The monoisotopic (exact) mass is 383 g/mol. The van der Waals surface area contributed by atoms with Crippen LogP contribution < -0.4 is 20.9 Å². The zero-order valence-electron chi connectivity index (χ0n) is 15.4. The van der Waals surface area contributed by atoms with Crippen molar-refractivity contribution in [3.8, 4) is 11.5 Å². The predicted molar refractivity (Wildman–Crippen MR) is 103 cm³/mol. The van der Waals surface area contributed by atoms with E-state index in [1.54, 1.807) is 49.6 Å². The van der Waals surface area contributed by atoms with E-state index in [1.807, 2.05) is 0 Å². The van der Waals surface area contributed by atoms with E-state index in [0.29, 0.717) is 5.75 Å². The largest absolute Gasteiger partial charge is 0.507 e. The lowest BCUT2D eigenvalue weighted by Gasteiger charge is -2.14. The van der Waals surface area contributed by atoms with Gasteiger partial charge in [-0.15, -0.1) is 0 Å². The molecule has 1 unspecified atom stereocenters. The van der Waals surface area contributed by atoms with Crippen LogP contribution in [0.4, 0.5) is 0 Å². The Morgan fingerprint density at radius 1 is 1.04 bits per heavy atom. The van der Waals surface area contributed by atoms with Gasteiger partial charge in [-0.1, -0.05) is 24.3 Å². The third-order valence-corrected chi connectivity index (χ3v) is 3.74. The molecule has 4 N–H and O–H groups in total. The first-order valence-corrected chi connectivity index (χ1v) is 8.41. The van der Waals surface area contributed by atoms with Crippen LogP contribution in [0.3, 0.4) is 0 Å². The number of hydrazine groups is 1. The number of nitrogens with one attached hydrogen (secondary N) is 3. The van der Waals surface area contributed by atoms with Crippen LogP contribution in [0.15, 0.2) is 54.6 Å². The van der Waals surface area contributed by atoms with Crippen LogP contribution in [0, 0.1) is 0 Å². The van der Waals surface area contributed by atoms with E-state index in [0.717, 1.165) is 5.56 Å². The Balaban J connectivity index is 1.82. The Hall–Kier alpha value is -3.81. The van der Waals surface area contributed by atoms with Crippen LogP contribution in [0.2, 0.25) is 0 Å². The molecule has 0 aliphatic heterocycles. The standard InChI is InChI=1S/C20H21N3O5/c1-13(19(26)22-23-20(27)16-5-3-4-6-17(16)24)21-18(25)12-9-14-7-10-15(28-2)11-8-14/h3-13,24H,1-2H3,(H,21,25)(H,22,26)(H,23,27)/b12-9+. The number of hydrogen-bond acceptors (Lipinski definition) is 5. The van der Waals surface area contributed by atoms with Gasteiger partial charge in [0, 0.05) is 6.08 Å². The van der Waals surface area contributed by atoms with E-state index in [-0.39, 0.29) is 11.3 Å². The maximum atomic E-state index is 12.0. The normalized spacial score (nSPS) is 11.5. The number of phenols is 1. The van der Waals surface area contributed by atoms with E-state index >= 15 is 0 Å². The van der Waals surface area contributed by atoms with E-state index in [4.69, 9.17) is 4.74 Å². The quantitative estimate of drug-likeness (QED) is 0.444. The molecule has 0 fully saturated rings. The number of methoxy groups -OCH3 is 1. The van der Waals surface area contributed by atoms with Crippen molar-refractivity contribution in [3.63, 3.8) is 0 Å². The van der Waals surface area contributed by atoms with E-state index in [1.165, 1.54) is 25.1 Å². The van der Waals surface area contributed by atoms with E-state index < -0.39 is 23.8 Å². The molecule has 3 amide bonds. The zero-order chi connectivity index (χ0) is 20.5. The SMILES string of the molecule is COc1ccc(/C=C/C(=O)NC(C)C(=O)NNC(=O)c2ccccc2O)cc1. The fraction of sp³-hybridized carbons (Fsp3) is 0.150. The number of para-hydroxylation sites is 1. The summed E-state index contributed by atoms with van der Waals surface area (Å²) in [5.74, 6) is -1.26. The predicted octanol–water partition coefficient (Wildman–Crippen LogP) is 1.38. The number of aromatic hydroxyl groups is 1. The third-order valence-electron chi connectivity index (χ3n) is 3.74. The molecule has 0 bridgehead atoms. The van der Waals surface area contributed by atoms with Crippen molar-refractivity contribution in [2.75, 3.05) is 7.11 Å². The molecule has 0 aliphatic rings. The Bertz CT molecular complexity index is 878. The van der Waals surface area contributed by atoms with Crippen molar-refractivity contribution in [2.45, 2.75) is 13.0 Å². The lowest BCUT2D eigenvalue weighted by atomic mass is 10.2. The van der Waals surface area contributed by atoms with Gasteiger partial charge in [-0.25, -0.2) is 0 Å². The number of ether oxygens (including phenoxy) is 1. The first-order valence-electron chi connectivity index (χ1n) is 8.41. The van der Waals surface area contributed by atoms with Crippen molar-refractivity contribution >= 4 is 23.8 Å². The van der Waals surface area contributed by atoms with Crippen molar-refractivity contribution in [3.05, 3.63) is 65.7 Å². The zero-order valence-corrected chi connectivity index (χ0v) is 15.4. The summed E-state index contributed by atoms with van der Waals surface area (Å²) in [5, 5.41) is 12.1. The van der Waals surface area contributed by atoms with Crippen molar-refractivity contribution in [1.82, 2.24) is 16.2 Å². The molecule has 0 aliphatic carbocycles. The Kier molecular flexibility index (Phi) is 7.15. The van der Waals surface area contributed by atoms with Crippen molar-refractivity contribution < 1.29 is 24.2 Å². The highest BCUT2D eigenvalue weighted by Gasteiger charge is 2.16. The molecule has 0 radical (unpaired) electrons. The van der Waals surface area contributed by atoms with Gasteiger partial charge in [0.05, 0.1) is 12.7 Å². The molecule has 8 heteroatoms. The first-order chi connectivity index (χ1) is 13.4. The minimum atomic E-state index is -0.891. The molecule has 0 saturated carbocycles. The summed E-state index contributed by atoms with van der Waals surface area (Å²) in [6.07, 6.45) is 2.89. The fourth-order valence-corrected chi connectivity index (χ4v) is 2.17. The minimum absolute atomic E-state index is 0.0157. The van der Waals surface area contributed by atoms with Crippen LogP contribution in [-0.4, -0.2) is 36.0 Å². The Morgan fingerprint density at radius 2 is 1.71 bits per heavy atom. The molecule has 28 heavy (non-hydrogen) atoms. The van der Waals surface area contributed by atoms with Crippen molar-refractivity contribution in [1.29, 1.82) is 0 Å². The number of carbonyl (C=O) groups excluding carboxylic acids is 3. The lowest BCUT2D eigenvalue weighted by Crippen LogP contribution is -2.50. The molecular formula is C20H21N3O5. The number of benzene rings is 2. The molecule has 2 rings (SSSR count). The molecule has 0 aromatic heterocycles. The second-order valence-electron chi connectivity index (χ2n) is 5.80. The molecular weight excluding hydrogens is 362 g/mol. The number of amides is 3. The Morgan fingerprint density at radius 3 is 2.36 bits per heavy atom. The van der Waals surface area contributed by atoms with Gasteiger partial charge in [0.2, 0.25) is 5.91 Å². The number of carbonyl (C=O) groups is 3. The first kappa shape index (κ1) is 20.5. The maximum Gasteiger partial charge on any atom is 0.273 e. The van der Waals surface area contributed by atoms with Crippen LogP contribution in [0.1, 0.15) is 22.8 Å². The van der Waals surface area contributed by atoms with Gasteiger partial charge in [0.25, 0.3) is 11.8 Å². The van der Waals surface area contributed by atoms with Gasteiger partial charge in [-0.3, -0.25) is 25.2 Å². The lowest BCUT2D eigenvalue weighted by molar-refractivity contribution is -0.127. The number of hydrogen-bond donors (Lipinski definition) is 4. The van der Waals surface area contributed by atoms with Gasteiger partial charge in [0.15, 0.2) is 0 Å². The summed E-state index contributed by atoms with van der Waals surface area (Å²) in [5.41, 5.74) is 5.19. The molecule has 146 valence electrons. The van der Waals surface area contributed by atoms with Gasteiger partial charge in [-0.05, 0) is 42.8 Å². The molecule has 1 atom stereocenters. The number of phenolic OH excluding ortho intramolecular Hbond substituents is 1. The fourth-order valence-electron chi connectivity index (χ4n) is 2.17. The van der Waals surface area contributed by atoms with E-state index in [2.05, 4.69) is 16.2 Å². The Labute approximate surface area is 162 Å². The molecule has 0 spiro atoms. The average molecular weight is 383 g/mol. The highest BCUT2D eigenvalue weighted by Crippen LogP contribution is 2.14. The minimum Gasteiger partial charge on any atom is -0.507 e. The van der Waals surface area contributed by atoms with Crippen LogP contribution in [0.5, 0.6) is 11.5 Å². The highest BCUT2D eigenvalue weighted by molar-refractivity contribution is 5.99. The van der Waals surface area contributed by atoms with Crippen LogP contribution in [-0.2, 0) is 9.59 Å². The van der Waals surface area contributed by atoms with Gasteiger partial charge in [-0.2, -0.15) is 0 Å². The van der Waals surface area contributed by atoms with Gasteiger partial charge in [0.1, 0.15) is 17.5 Å². The summed E-state index contributed by atoms with van der Waals surface area (Å²) in [7, 11) is 1.57. The van der Waals surface area contributed by atoms with Gasteiger partial charge >= 0.3 is 0 Å². The molecule has 2 aromatic rings. The highest BCUT2D eigenvalue weighted by atomic mass is 16.5. The molecule has 0 saturated heterocycles. The molecule has 2 aromatic carbocycles. The van der Waals surface area contributed by atoms with E-state index in [9.17, 15) is 19.5 Å². The third kappa shape index (κ3) is 5.87. The number of rotatable bonds is 6.